The van der Waals surface area contributed by atoms with Gasteiger partial charge in [0.25, 0.3) is 0 Å². The van der Waals surface area contributed by atoms with Crippen molar-refractivity contribution in [2.75, 3.05) is 11.6 Å². The van der Waals surface area contributed by atoms with Crippen LogP contribution in [0.15, 0.2) is 95.9 Å². The van der Waals surface area contributed by atoms with Crippen molar-refractivity contribution in [2.24, 2.45) is 0 Å². The Hall–Kier alpha value is -3.77. The number of nitrogens with one attached hydrogen (secondary N) is 1. The van der Waals surface area contributed by atoms with Gasteiger partial charge in [0.1, 0.15) is 24.7 Å². The number of hydrogen-bond acceptors (Lipinski definition) is 4. The van der Waals surface area contributed by atoms with Gasteiger partial charge in [-0.15, -0.1) is 11.8 Å². The number of carbonyl (C=O) groups excluding carboxylic acids is 1. The minimum Gasteiger partial charge on any atom is -0.485 e. The fourth-order valence-electron chi connectivity index (χ4n) is 3.92. The van der Waals surface area contributed by atoms with Crippen LogP contribution in [0.2, 0.25) is 0 Å². The Kier molecular flexibility index (Phi) is 6.00. The van der Waals surface area contributed by atoms with Crippen LogP contribution in [0.25, 0.3) is 21.8 Å². The lowest BCUT2D eigenvalue weighted by Gasteiger charge is -2.12. The molecular formula is C27H23N3O2S. The highest BCUT2D eigenvalue weighted by atomic mass is 32.2. The van der Waals surface area contributed by atoms with Crippen LogP contribution in [-0.2, 0) is 17.9 Å². The standard InChI is InChI=1S/C27H23N3O2S/c1-33-21-11-7-10-20(16-21)28-27(31)17-30-24-14-5-4-13-23(24)29-26(30)18-32-25-15-6-9-19-8-2-3-12-22(19)25/h2-16H,17-18H2,1H3,(H,28,31). The average Bonchev–Trinajstić information content (AvgIpc) is 3.20. The molecule has 0 bridgehead atoms. The van der Waals surface area contributed by atoms with E-state index in [4.69, 9.17) is 9.72 Å². The normalized spacial score (nSPS) is 11.1. The van der Waals surface area contributed by atoms with Gasteiger partial charge in [0, 0.05) is 16.0 Å². The van der Waals surface area contributed by atoms with E-state index in [0.29, 0.717) is 5.82 Å². The quantitative estimate of drug-likeness (QED) is 0.301. The smallest absolute Gasteiger partial charge is 0.244 e. The fraction of sp³-hybridized carbons (Fsp3) is 0.111. The minimum absolute atomic E-state index is 0.109. The molecule has 0 unspecified atom stereocenters. The molecule has 4 aromatic carbocycles. The third-order valence-corrected chi connectivity index (χ3v) is 6.22. The Morgan fingerprint density at radius 3 is 2.67 bits per heavy atom. The van der Waals surface area contributed by atoms with Gasteiger partial charge in [-0.2, -0.15) is 0 Å². The number of carbonyl (C=O) groups is 1. The first-order valence-electron chi connectivity index (χ1n) is 10.7. The van der Waals surface area contributed by atoms with E-state index in [0.717, 1.165) is 38.1 Å². The molecule has 0 saturated heterocycles. The second-order valence-corrected chi connectivity index (χ2v) is 8.53. The van der Waals surface area contributed by atoms with Gasteiger partial charge in [-0.1, -0.05) is 54.6 Å². The number of benzene rings is 4. The number of rotatable bonds is 7. The first-order chi connectivity index (χ1) is 16.2. The van der Waals surface area contributed by atoms with E-state index in [1.54, 1.807) is 11.8 Å². The Morgan fingerprint density at radius 1 is 0.970 bits per heavy atom. The highest BCUT2D eigenvalue weighted by molar-refractivity contribution is 7.98. The third kappa shape index (κ3) is 4.56. The van der Waals surface area contributed by atoms with Gasteiger partial charge in [0.05, 0.1) is 11.0 Å². The molecule has 6 heteroatoms. The minimum atomic E-state index is -0.109. The molecule has 0 saturated carbocycles. The second kappa shape index (κ2) is 9.38. The topological polar surface area (TPSA) is 56.2 Å². The van der Waals surface area contributed by atoms with Gasteiger partial charge in [-0.25, -0.2) is 4.98 Å². The fourth-order valence-corrected chi connectivity index (χ4v) is 4.38. The summed E-state index contributed by atoms with van der Waals surface area (Å²) in [6.45, 7) is 0.413. The van der Waals surface area contributed by atoms with Crippen molar-refractivity contribution in [2.45, 2.75) is 18.0 Å². The van der Waals surface area contributed by atoms with Crippen LogP contribution >= 0.6 is 11.8 Å². The van der Waals surface area contributed by atoms with Gasteiger partial charge in [0.15, 0.2) is 0 Å². The zero-order valence-electron chi connectivity index (χ0n) is 18.2. The molecular weight excluding hydrogens is 430 g/mol. The Balaban J connectivity index is 1.40. The number of amides is 1. The summed E-state index contributed by atoms with van der Waals surface area (Å²) in [5.41, 5.74) is 2.53. The van der Waals surface area contributed by atoms with Crippen LogP contribution in [0, 0.1) is 0 Å². The maximum atomic E-state index is 12.9. The molecule has 0 aliphatic carbocycles. The highest BCUT2D eigenvalue weighted by Crippen LogP contribution is 2.26. The number of ether oxygens (including phenoxy) is 1. The first kappa shape index (κ1) is 21.1. The van der Waals surface area contributed by atoms with Gasteiger partial charge in [-0.3, -0.25) is 4.79 Å². The molecule has 164 valence electrons. The van der Waals surface area contributed by atoms with E-state index in [-0.39, 0.29) is 19.1 Å². The summed E-state index contributed by atoms with van der Waals surface area (Å²) in [5.74, 6) is 1.39. The zero-order chi connectivity index (χ0) is 22.6. The molecule has 1 N–H and O–H groups in total. The number of thioether (sulfide) groups is 1. The molecule has 5 aromatic rings. The summed E-state index contributed by atoms with van der Waals surface area (Å²) in [6.07, 6.45) is 2.01. The van der Waals surface area contributed by atoms with Crippen molar-refractivity contribution < 1.29 is 9.53 Å². The van der Waals surface area contributed by atoms with E-state index >= 15 is 0 Å². The first-order valence-corrected chi connectivity index (χ1v) is 11.9. The van der Waals surface area contributed by atoms with E-state index in [2.05, 4.69) is 17.4 Å². The maximum Gasteiger partial charge on any atom is 0.244 e. The van der Waals surface area contributed by atoms with Gasteiger partial charge in [0.2, 0.25) is 5.91 Å². The number of imidazole rings is 1. The maximum absolute atomic E-state index is 12.9. The Bertz CT molecular complexity index is 1440. The van der Waals surface area contributed by atoms with Crippen molar-refractivity contribution >= 4 is 45.2 Å². The van der Waals surface area contributed by atoms with Crippen LogP contribution in [-0.4, -0.2) is 21.7 Å². The largest absolute Gasteiger partial charge is 0.485 e. The monoisotopic (exact) mass is 453 g/mol. The third-order valence-electron chi connectivity index (χ3n) is 5.50. The molecule has 5 nitrogen and oxygen atoms in total. The van der Waals surface area contributed by atoms with Crippen LogP contribution < -0.4 is 10.1 Å². The summed E-state index contributed by atoms with van der Waals surface area (Å²) in [4.78, 5) is 18.8. The van der Waals surface area contributed by atoms with Gasteiger partial charge >= 0.3 is 0 Å². The SMILES string of the molecule is CSc1cccc(NC(=O)Cn2c(COc3cccc4ccccc34)nc3ccccc32)c1. The Morgan fingerprint density at radius 2 is 1.76 bits per heavy atom. The van der Waals surface area contributed by atoms with Crippen molar-refractivity contribution in [1.82, 2.24) is 9.55 Å². The summed E-state index contributed by atoms with van der Waals surface area (Å²) in [7, 11) is 0. The molecule has 0 atom stereocenters. The summed E-state index contributed by atoms with van der Waals surface area (Å²) >= 11 is 1.64. The van der Waals surface area contributed by atoms with Crippen molar-refractivity contribution in [1.29, 1.82) is 0 Å². The number of fused-ring (bicyclic) bond motifs is 2. The van der Waals surface area contributed by atoms with Crippen molar-refractivity contribution in [3.63, 3.8) is 0 Å². The number of hydrogen-bond donors (Lipinski definition) is 1. The average molecular weight is 454 g/mol. The molecule has 1 amide bonds. The lowest BCUT2D eigenvalue weighted by atomic mass is 10.1. The van der Waals surface area contributed by atoms with E-state index in [9.17, 15) is 4.79 Å². The molecule has 0 aliphatic heterocycles. The summed E-state index contributed by atoms with van der Waals surface area (Å²) < 4.78 is 8.11. The lowest BCUT2D eigenvalue weighted by molar-refractivity contribution is -0.116. The molecule has 33 heavy (non-hydrogen) atoms. The van der Waals surface area contributed by atoms with Crippen LogP contribution in [0.5, 0.6) is 5.75 Å². The second-order valence-electron chi connectivity index (χ2n) is 7.65. The van der Waals surface area contributed by atoms with Gasteiger partial charge < -0.3 is 14.6 Å². The summed E-state index contributed by atoms with van der Waals surface area (Å²) in [5, 5.41) is 5.17. The number of aromatic nitrogens is 2. The van der Waals surface area contributed by atoms with Crippen LogP contribution in [0.4, 0.5) is 5.69 Å². The predicted octanol–water partition coefficient (Wildman–Crippen LogP) is 6.13. The van der Waals surface area contributed by atoms with Crippen LogP contribution in [0.1, 0.15) is 5.82 Å². The highest BCUT2D eigenvalue weighted by Gasteiger charge is 2.15. The predicted molar refractivity (Wildman–Crippen MR) is 135 cm³/mol. The number of para-hydroxylation sites is 2. The zero-order valence-corrected chi connectivity index (χ0v) is 19.0. The van der Waals surface area contributed by atoms with E-state index < -0.39 is 0 Å². The molecule has 1 aromatic heterocycles. The Labute approximate surface area is 196 Å². The molecule has 0 spiro atoms. The van der Waals surface area contributed by atoms with E-state index in [1.165, 1.54) is 0 Å². The summed E-state index contributed by atoms with van der Waals surface area (Å²) in [6, 6.07) is 29.8. The molecule has 5 rings (SSSR count). The molecule has 0 aliphatic rings. The van der Waals surface area contributed by atoms with Gasteiger partial charge in [-0.05, 0) is 48.0 Å². The van der Waals surface area contributed by atoms with E-state index in [1.807, 2.05) is 89.7 Å². The van der Waals surface area contributed by atoms with Crippen molar-refractivity contribution in [3.8, 4) is 5.75 Å². The molecule has 0 radical (unpaired) electrons. The van der Waals surface area contributed by atoms with Crippen LogP contribution in [0.3, 0.4) is 0 Å². The number of nitrogens with zero attached hydrogens (tertiary/aromatic N) is 2. The molecule has 1 heterocycles. The molecule has 0 fully saturated rings. The number of anilines is 1. The van der Waals surface area contributed by atoms with Crippen molar-refractivity contribution in [3.05, 3.63) is 96.8 Å². The lowest BCUT2D eigenvalue weighted by Crippen LogP contribution is -2.20.